The van der Waals surface area contributed by atoms with Crippen molar-refractivity contribution < 1.29 is 18.0 Å². The van der Waals surface area contributed by atoms with Crippen LogP contribution in [-0.4, -0.2) is 43.6 Å². The number of nitrogens with two attached hydrogens (primary N) is 1. The largest absolute Gasteiger partial charge is 0.384 e. The number of carbonyl (C=O) groups is 2. The normalized spacial score (nSPS) is 11.9. The molecule has 0 aliphatic rings. The second-order valence-corrected chi connectivity index (χ2v) is 9.84. The summed E-state index contributed by atoms with van der Waals surface area (Å²) in [4.78, 5) is 29.2. The average molecular weight is 509 g/mol. The number of amidine groups is 1. The average Bonchev–Trinajstić information content (AvgIpc) is 2.86. The third-order valence-electron chi connectivity index (χ3n) is 5.18. The van der Waals surface area contributed by atoms with E-state index in [-0.39, 0.29) is 31.1 Å². The van der Waals surface area contributed by atoms with E-state index in [0.29, 0.717) is 16.7 Å². The van der Waals surface area contributed by atoms with Crippen LogP contribution in [0.2, 0.25) is 0 Å². The van der Waals surface area contributed by atoms with Crippen LogP contribution in [0.4, 0.5) is 0 Å². The number of hydrogen-bond acceptors (Lipinski definition) is 6. The quantitative estimate of drug-likeness (QED) is 0.179. The van der Waals surface area contributed by atoms with Gasteiger partial charge in [0, 0.05) is 24.5 Å². The molecule has 3 aromatic rings. The molecule has 0 radical (unpaired) electrons. The second-order valence-electron chi connectivity index (χ2n) is 8.09. The lowest BCUT2D eigenvalue weighted by molar-refractivity contribution is -0.127. The van der Waals surface area contributed by atoms with Gasteiger partial charge in [-0.3, -0.25) is 20.0 Å². The zero-order chi connectivity index (χ0) is 26.0. The van der Waals surface area contributed by atoms with Gasteiger partial charge in [0.15, 0.2) is 0 Å². The molecule has 2 amide bonds. The van der Waals surface area contributed by atoms with E-state index in [1.54, 1.807) is 79.1 Å². The number of nitrogens with zero attached hydrogens (tertiary/aromatic N) is 1. The minimum absolute atomic E-state index is 0.0477. The minimum Gasteiger partial charge on any atom is -0.384 e. The first-order valence-corrected chi connectivity index (χ1v) is 12.8. The zero-order valence-corrected chi connectivity index (χ0v) is 20.3. The Kier molecular flexibility index (Phi) is 9.25. The molecule has 36 heavy (non-hydrogen) atoms. The second kappa shape index (κ2) is 12.6. The van der Waals surface area contributed by atoms with Gasteiger partial charge < -0.3 is 16.4 Å². The topological polar surface area (TPSA) is 167 Å². The summed E-state index contributed by atoms with van der Waals surface area (Å²) in [5.74, 6) is -1.40. The summed E-state index contributed by atoms with van der Waals surface area (Å²) < 4.78 is 28.0. The SMILES string of the molecule is N=C(N)c1ccc(CNC(=O)CNC(=O)C(Cc2cccnc2)NS(=O)(=O)Cc2ccccc2)cc1. The van der Waals surface area contributed by atoms with Crippen LogP contribution >= 0.6 is 0 Å². The van der Waals surface area contributed by atoms with Gasteiger partial charge in [0.2, 0.25) is 21.8 Å². The molecule has 188 valence electrons. The molecule has 3 rings (SSSR count). The standard InChI is InChI=1S/C25H28N6O4S/c26-24(27)21-10-8-18(9-11-21)15-29-23(32)16-30-25(33)22(13-20-7-4-12-28-14-20)31-36(34,35)17-19-5-2-1-3-6-19/h1-12,14,22,31H,13,15-17H2,(H3,26,27)(H,29,32)(H,30,33). The van der Waals surface area contributed by atoms with E-state index in [9.17, 15) is 18.0 Å². The van der Waals surface area contributed by atoms with Crippen molar-refractivity contribution in [2.45, 2.75) is 24.8 Å². The Bertz CT molecular complexity index is 1280. The van der Waals surface area contributed by atoms with E-state index in [4.69, 9.17) is 11.1 Å². The Hall–Kier alpha value is -4.09. The van der Waals surface area contributed by atoms with Gasteiger partial charge in [0.05, 0.1) is 12.3 Å². The number of nitrogen functional groups attached to an aromatic ring is 1. The van der Waals surface area contributed by atoms with Gasteiger partial charge >= 0.3 is 0 Å². The maximum atomic E-state index is 12.9. The number of rotatable bonds is 12. The van der Waals surface area contributed by atoms with Crippen molar-refractivity contribution in [2.24, 2.45) is 5.73 Å². The summed E-state index contributed by atoms with van der Waals surface area (Å²) in [6.07, 6.45) is 3.20. The van der Waals surface area contributed by atoms with Crippen LogP contribution in [0.15, 0.2) is 79.1 Å². The Morgan fingerprint density at radius 3 is 2.25 bits per heavy atom. The van der Waals surface area contributed by atoms with Crippen molar-refractivity contribution in [1.29, 1.82) is 5.41 Å². The van der Waals surface area contributed by atoms with Gasteiger partial charge in [-0.15, -0.1) is 0 Å². The van der Waals surface area contributed by atoms with Crippen molar-refractivity contribution in [3.8, 4) is 0 Å². The van der Waals surface area contributed by atoms with Crippen LogP contribution < -0.4 is 21.1 Å². The molecule has 1 unspecified atom stereocenters. The van der Waals surface area contributed by atoms with Gasteiger partial charge in [-0.2, -0.15) is 0 Å². The Morgan fingerprint density at radius 2 is 1.61 bits per heavy atom. The van der Waals surface area contributed by atoms with Gasteiger partial charge in [-0.05, 0) is 29.2 Å². The van der Waals surface area contributed by atoms with Crippen LogP contribution in [0.3, 0.4) is 0 Å². The lowest BCUT2D eigenvalue weighted by Crippen LogP contribution is -2.50. The van der Waals surface area contributed by atoms with Crippen molar-refractivity contribution in [1.82, 2.24) is 20.3 Å². The number of aromatic nitrogens is 1. The predicted octanol–water partition coefficient (Wildman–Crippen LogP) is 0.829. The van der Waals surface area contributed by atoms with Gasteiger partial charge in [-0.1, -0.05) is 60.7 Å². The first-order valence-electron chi connectivity index (χ1n) is 11.1. The Balaban J connectivity index is 1.59. The van der Waals surface area contributed by atoms with E-state index in [2.05, 4.69) is 20.3 Å². The van der Waals surface area contributed by atoms with E-state index in [1.807, 2.05) is 0 Å². The van der Waals surface area contributed by atoms with Crippen molar-refractivity contribution in [3.63, 3.8) is 0 Å². The smallest absolute Gasteiger partial charge is 0.239 e. The highest BCUT2D eigenvalue weighted by Gasteiger charge is 2.25. The molecular weight excluding hydrogens is 480 g/mol. The maximum absolute atomic E-state index is 12.9. The molecule has 0 saturated heterocycles. The molecule has 0 aliphatic carbocycles. The molecule has 10 nitrogen and oxygen atoms in total. The lowest BCUT2D eigenvalue weighted by atomic mass is 10.1. The summed E-state index contributed by atoms with van der Waals surface area (Å²) in [6.45, 7) is -0.107. The number of amides is 2. The lowest BCUT2D eigenvalue weighted by Gasteiger charge is -2.18. The molecule has 0 aliphatic heterocycles. The van der Waals surface area contributed by atoms with Crippen molar-refractivity contribution >= 4 is 27.7 Å². The monoisotopic (exact) mass is 508 g/mol. The Labute approximate surface area is 209 Å². The van der Waals surface area contributed by atoms with Crippen LogP contribution in [-0.2, 0) is 38.3 Å². The zero-order valence-electron chi connectivity index (χ0n) is 19.5. The number of carbonyl (C=O) groups excluding carboxylic acids is 2. The minimum atomic E-state index is -3.85. The van der Waals surface area contributed by atoms with Gasteiger partial charge in [0.25, 0.3) is 0 Å². The fourth-order valence-corrected chi connectivity index (χ4v) is 4.69. The molecule has 1 aromatic heterocycles. The molecule has 0 spiro atoms. The molecule has 2 aromatic carbocycles. The van der Waals surface area contributed by atoms with E-state index >= 15 is 0 Å². The fraction of sp³-hybridized carbons (Fsp3) is 0.200. The number of pyridine rings is 1. The number of nitrogens with one attached hydrogen (secondary N) is 4. The fourth-order valence-electron chi connectivity index (χ4n) is 3.35. The van der Waals surface area contributed by atoms with Gasteiger partial charge in [0.1, 0.15) is 11.9 Å². The first kappa shape index (κ1) is 26.5. The highest BCUT2D eigenvalue weighted by molar-refractivity contribution is 7.88. The number of hydrogen-bond donors (Lipinski definition) is 5. The van der Waals surface area contributed by atoms with E-state index < -0.39 is 27.9 Å². The van der Waals surface area contributed by atoms with E-state index in [1.165, 1.54) is 0 Å². The molecule has 0 bridgehead atoms. The molecule has 1 heterocycles. The summed E-state index contributed by atoms with van der Waals surface area (Å²) in [6, 6.07) is 17.8. The summed E-state index contributed by atoms with van der Waals surface area (Å²) >= 11 is 0. The van der Waals surface area contributed by atoms with Crippen LogP contribution in [0.1, 0.15) is 22.3 Å². The summed E-state index contributed by atoms with van der Waals surface area (Å²) in [7, 11) is -3.85. The molecular formula is C25H28N6O4S. The molecule has 0 saturated carbocycles. The third-order valence-corrected chi connectivity index (χ3v) is 6.54. The Morgan fingerprint density at radius 1 is 0.917 bits per heavy atom. The van der Waals surface area contributed by atoms with Crippen molar-refractivity contribution in [2.75, 3.05) is 6.54 Å². The number of sulfonamides is 1. The number of benzene rings is 2. The first-order chi connectivity index (χ1) is 17.2. The highest BCUT2D eigenvalue weighted by Crippen LogP contribution is 2.08. The highest BCUT2D eigenvalue weighted by atomic mass is 32.2. The predicted molar refractivity (Wildman–Crippen MR) is 136 cm³/mol. The van der Waals surface area contributed by atoms with Gasteiger partial charge in [-0.25, -0.2) is 13.1 Å². The van der Waals surface area contributed by atoms with Crippen molar-refractivity contribution in [3.05, 3.63) is 101 Å². The maximum Gasteiger partial charge on any atom is 0.239 e. The molecule has 6 N–H and O–H groups in total. The van der Waals surface area contributed by atoms with Crippen LogP contribution in [0.25, 0.3) is 0 Å². The van der Waals surface area contributed by atoms with E-state index in [0.717, 1.165) is 5.56 Å². The molecule has 1 atom stereocenters. The van der Waals surface area contributed by atoms with Crippen LogP contribution in [0.5, 0.6) is 0 Å². The third kappa shape index (κ3) is 8.60. The summed E-state index contributed by atoms with van der Waals surface area (Å²) in [5.41, 5.74) is 8.05. The molecule has 0 fully saturated rings. The van der Waals surface area contributed by atoms with Crippen LogP contribution in [0, 0.1) is 5.41 Å². The summed E-state index contributed by atoms with van der Waals surface area (Å²) in [5, 5.41) is 12.6. The molecule has 11 heteroatoms.